The summed E-state index contributed by atoms with van der Waals surface area (Å²) in [7, 11) is 0. The van der Waals surface area contributed by atoms with Crippen LogP contribution in [0.25, 0.3) is 0 Å². The Bertz CT molecular complexity index is 226. The first-order chi connectivity index (χ1) is 7.05. The monoisotopic (exact) mass is 291 g/mol. The Balaban J connectivity index is 1.84. The van der Waals surface area contributed by atoms with Crippen LogP contribution in [-0.2, 0) is 0 Å². The highest BCUT2D eigenvalue weighted by Gasteiger charge is 2.43. The Morgan fingerprint density at radius 1 is 1.20 bits per heavy atom. The number of halogens is 1. The zero-order valence-electron chi connectivity index (χ0n) is 9.89. The van der Waals surface area contributed by atoms with Crippen molar-refractivity contribution in [2.24, 2.45) is 5.41 Å². The van der Waals surface area contributed by atoms with Gasteiger partial charge < -0.3 is 4.90 Å². The highest BCUT2D eigenvalue weighted by molar-refractivity contribution is 9.09. The quantitative estimate of drug-likeness (QED) is 0.734. The van der Waals surface area contributed by atoms with Gasteiger partial charge in [-0.15, -0.1) is 0 Å². The SMILES string of the molecule is CC1(C)CCN(CC2(CBr)CC2)CCS1. The summed E-state index contributed by atoms with van der Waals surface area (Å²) >= 11 is 5.82. The van der Waals surface area contributed by atoms with Crippen molar-refractivity contribution >= 4 is 27.7 Å². The fourth-order valence-electron chi connectivity index (χ4n) is 2.21. The third kappa shape index (κ3) is 3.37. The van der Waals surface area contributed by atoms with Gasteiger partial charge in [0.05, 0.1) is 0 Å². The first-order valence-electron chi connectivity index (χ1n) is 5.98. The molecule has 0 bridgehead atoms. The van der Waals surface area contributed by atoms with Gasteiger partial charge in [-0.1, -0.05) is 29.8 Å². The van der Waals surface area contributed by atoms with Crippen LogP contribution in [0.5, 0.6) is 0 Å². The van der Waals surface area contributed by atoms with Gasteiger partial charge in [-0.05, 0) is 31.2 Å². The summed E-state index contributed by atoms with van der Waals surface area (Å²) in [5, 5.41) is 1.20. The Labute approximate surface area is 106 Å². The van der Waals surface area contributed by atoms with Gasteiger partial charge in [0, 0.05) is 28.9 Å². The maximum absolute atomic E-state index is 3.67. The largest absolute Gasteiger partial charge is 0.302 e. The van der Waals surface area contributed by atoms with Crippen molar-refractivity contribution in [3.8, 4) is 0 Å². The molecule has 1 saturated heterocycles. The standard InChI is InChI=1S/C12H22BrNS/c1-11(2)5-6-14(7-8-15-11)10-12(9-13)3-4-12/h3-10H2,1-2H3. The van der Waals surface area contributed by atoms with E-state index < -0.39 is 0 Å². The lowest BCUT2D eigenvalue weighted by molar-refractivity contribution is 0.239. The fourth-order valence-corrected chi connectivity index (χ4v) is 4.08. The van der Waals surface area contributed by atoms with Crippen LogP contribution in [0.1, 0.15) is 33.1 Å². The summed E-state index contributed by atoms with van der Waals surface area (Å²) in [5.74, 6) is 1.31. The molecule has 0 radical (unpaired) electrons. The van der Waals surface area contributed by atoms with Crippen LogP contribution in [0.3, 0.4) is 0 Å². The van der Waals surface area contributed by atoms with Crippen LogP contribution in [0.15, 0.2) is 0 Å². The van der Waals surface area contributed by atoms with Gasteiger partial charge in [0.15, 0.2) is 0 Å². The van der Waals surface area contributed by atoms with Gasteiger partial charge in [-0.2, -0.15) is 11.8 Å². The second-order valence-electron chi connectivity index (χ2n) is 5.77. The molecule has 1 aliphatic heterocycles. The van der Waals surface area contributed by atoms with Gasteiger partial charge in [0.25, 0.3) is 0 Å². The Morgan fingerprint density at radius 3 is 2.53 bits per heavy atom. The van der Waals surface area contributed by atoms with E-state index in [1.165, 1.54) is 50.0 Å². The van der Waals surface area contributed by atoms with Crippen LogP contribution < -0.4 is 0 Å². The summed E-state index contributed by atoms with van der Waals surface area (Å²) in [4.78, 5) is 2.69. The molecule has 0 amide bonds. The maximum Gasteiger partial charge on any atom is 0.0116 e. The molecule has 2 fully saturated rings. The van der Waals surface area contributed by atoms with Crippen molar-refractivity contribution in [2.75, 3.05) is 30.7 Å². The topological polar surface area (TPSA) is 3.24 Å². The minimum absolute atomic E-state index is 0.500. The fraction of sp³-hybridized carbons (Fsp3) is 1.00. The zero-order chi connectivity index (χ0) is 10.9. The molecule has 2 rings (SSSR count). The van der Waals surface area contributed by atoms with Crippen LogP contribution in [0.2, 0.25) is 0 Å². The molecule has 0 aromatic carbocycles. The molecular weight excluding hydrogens is 270 g/mol. The Kier molecular flexibility index (Phi) is 3.74. The van der Waals surface area contributed by atoms with E-state index in [-0.39, 0.29) is 0 Å². The highest BCUT2D eigenvalue weighted by atomic mass is 79.9. The molecule has 1 saturated carbocycles. The molecular formula is C12H22BrNS. The van der Waals surface area contributed by atoms with E-state index in [0.29, 0.717) is 10.2 Å². The normalized spacial score (nSPS) is 29.8. The van der Waals surface area contributed by atoms with E-state index in [4.69, 9.17) is 0 Å². The number of hydrogen-bond acceptors (Lipinski definition) is 2. The molecule has 2 aliphatic rings. The van der Waals surface area contributed by atoms with E-state index in [2.05, 4.69) is 46.4 Å². The molecule has 1 aliphatic carbocycles. The second kappa shape index (κ2) is 4.58. The van der Waals surface area contributed by atoms with Gasteiger partial charge in [0.1, 0.15) is 0 Å². The summed E-state index contributed by atoms with van der Waals surface area (Å²) in [6, 6.07) is 0. The molecule has 88 valence electrons. The number of rotatable bonds is 3. The van der Waals surface area contributed by atoms with Gasteiger partial charge in [0.2, 0.25) is 0 Å². The summed E-state index contributed by atoms with van der Waals surface area (Å²) in [6.07, 6.45) is 4.21. The maximum atomic E-state index is 3.67. The van der Waals surface area contributed by atoms with Crippen molar-refractivity contribution in [3.05, 3.63) is 0 Å². The van der Waals surface area contributed by atoms with Crippen molar-refractivity contribution in [1.29, 1.82) is 0 Å². The number of thioether (sulfide) groups is 1. The van der Waals surface area contributed by atoms with Crippen LogP contribution in [-0.4, -0.2) is 40.4 Å². The number of alkyl halides is 1. The molecule has 0 N–H and O–H groups in total. The molecule has 0 atom stereocenters. The third-order valence-electron chi connectivity index (χ3n) is 3.73. The van der Waals surface area contributed by atoms with Crippen molar-refractivity contribution in [2.45, 2.75) is 37.9 Å². The zero-order valence-corrected chi connectivity index (χ0v) is 12.3. The molecule has 15 heavy (non-hydrogen) atoms. The third-order valence-corrected chi connectivity index (χ3v) is 6.29. The van der Waals surface area contributed by atoms with E-state index in [0.717, 1.165) is 0 Å². The highest BCUT2D eigenvalue weighted by Crippen LogP contribution is 2.48. The smallest absolute Gasteiger partial charge is 0.0116 e. The van der Waals surface area contributed by atoms with E-state index in [9.17, 15) is 0 Å². The first-order valence-corrected chi connectivity index (χ1v) is 8.08. The summed E-state index contributed by atoms with van der Waals surface area (Å²) < 4.78 is 0.500. The van der Waals surface area contributed by atoms with Crippen LogP contribution in [0, 0.1) is 5.41 Å². The minimum Gasteiger partial charge on any atom is -0.302 e. The lowest BCUT2D eigenvalue weighted by atomic mass is 10.1. The molecule has 3 heteroatoms. The average molecular weight is 292 g/mol. The van der Waals surface area contributed by atoms with Crippen molar-refractivity contribution in [3.63, 3.8) is 0 Å². The van der Waals surface area contributed by atoms with Crippen molar-refractivity contribution in [1.82, 2.24) is 4.90 Å². The number of hydrogen-bond donors (Lipinski definition) is 0. The Morgan fingerprint density at radius 2 is 1.93 bits per heavy atom. The summed E-state index contributed by atoms with van der Waals surface area (Å²) in [5.41, 5.74) is 0.652. The predicted octanol–water partition coefficient (Wildman–Crippen LogP) is 3.38. The molecule has 1 nitrogen and oxygen atoms in total. The average Bonchev–Trinajstić information content (AvgIpc) is 2.95. The summed E-state index contributed by atoms with van der Waals surface area (Å²) in [6.45, 7) is 8.70. The van der Waals surface area contributed by atoms with Crippen molar-refractivity contribution < 1.29 is 0 Å². The molecule has 0 unspecified atom stereocenters. The Hall–Kier alpha value is 0.790. The predicted molar refractivity (Wildman–Crippen MR) is 73.1 cm³/mol. The van der Waals surface area contributed by atoms with E-state index in [1.807, 2.05) is 0 Å². The van der Waals surface area contributed by atoms with Crippen LogP contribution in [0.4, 0.5) is 0 Å². The second-order valence-corrected chi connectivity index (χ2v) is 8.13. The lowest BCUT2D eigenvalue weighted by Gasteiger charge is -2.25. The lowest BCUT2D eigenvalue weighted by Crippen LogP contribution is -2.33. The molecule has 1 heterocycles. The first kappa shape index (κ1) is 12.3. The van der Waals surface area contributed by atoms with Crippen LogP contribution >= 0.6 is 27.7 Å². The van der Waals surface area contributed by atoms with Gasteiger partial charge in [-0.25, -0.2) is 0 Å². The van der Waals surface area contributed by atoms with Gasteiger partial charge >= 0.3 is 0 Å². The van der Waals surface area contributed by atoms with E-state index in [1.54, 1.807) is 0 Å². The minimum atomic E-state index is 0.500. The van der Waals surface area contributed by atoms with E-state index >= 15 is 0 Å². The van der Waals surface area contributed by atoms with Gasteiger partial charge in [-0.3, -0.25) is 0 Å². The molecule has 0 spiro atoms. The molecule has 0 aromatic rings. The molecule has 0 aromatic heterocycles. The number of nitrogens with zero attached hydrogens (tertiary/aromatic N) is 1.